The van der Waals surface area contributed by atoms with E-state index in [0.29, 0.717) is 49.0 Å². The van der Waals surface area contributed by atoms with Crippen LogP contribution in [0.5, 0.6) is 0 Å². The number of carbonyl (C=O) groups excluding carboxylic acids is 2. The molecule has 2 heterocycles. The Balaban J connectivity index is 1.63. The smallest absolute Gasteiger partial charge is 0.409 e. The van der Waals surface area contributed by atoms with Crippen LogP contribution in [-0.2, 0) is 11.8 Å². The van der Waals surface area contributed by atoms with Gasteiger partial charge in [-0.05, 0) is 25.8 Å². The van der Waals surface area contributed by atoms with E-state index in [0.717, 1.165) is 0 Å². The van der Waals surface area contributed by atoms with Crippen molar-refractivity contribution in [3.05, 3.63) is 40.8 Å². The number of ether oxygens (including phenoxy) is 1. The molecule has 8 heteroatoms. The highest BCUT2D eigenvalue weighted by Gasteiger charge is 2.24. The quantitative estimate of drug-likeness (QED) is 0.864. The molecule has 0 radical (unpaired) electrons. The number of nitrogens with zero attached hydrogens (tertiary/aromatic N) is 2. The number of hydrogen-bond donors (Lipinski definition) is 2. The molecule has 27 heavy (non-hydrogen) atoms. The maximum absolute atomic E-state index is 12.4. The first-order valence-corrected chi connectivity index (χ1v) is 9.07. The molecule has 1 aromatic carbocycles. The van der Waals surface area contributed by atoms with Crippen molar-refractivity contribution in [2.45, 2.75) is 25.8 Å². The summed E-state index contributed by atoms with van der Waals surface area (Å²) in [6.45, 7) is 3.23. The lowest BCUT2D eigenvalue weighted by Gasteiger charge is -2.31. The third kappa shape index (κ3) is 4.21. The zero-order chi connectivity index (χ0) is 19.4. The predicted octanol–water partition coefficient (Wildman–Crippen LogP) is 2.28. The monoisotopic (exact) mass is 372 g/mol. The van der Waals surface area contributed by atoms with E-state index in [-0.39, 0.29) is 23.7 Å². The summed E-state index contributed by atoms with van der Waals surface area (Å²) in [5, 5.41) is 7.04. The molecule has 0 aliphatic carbocycles. The second-order valence-electron chi connectivity index (χ2n) is 6.56. The highest BCUT2D eigenvalue weighted by Crippen LogP contribution is 2.20. The average molecular weight is 372 g/mol. The zero-order valence-corrected chi connectivity index (χ0v) is 15.5. The van der Waals surface area contributed by atoms with Crippen molar-refractivity contribution in [2.75, 3.05) is 25.0 Å². The summed E-state index contributed by atoms with van der Waals surface area (Å²) >= 11 is 0. The van der Waals surface area contributed by atoms with Crippen LogP contribution in [-0.4, -0.2) is 47.3 Å². The molecule has 3 rings (SSSR count). The molecule has 8 nitrogen and oxygen atoms in total. The van der Waals surface area contributed by atoms with Gasteiger partial charge in [-0.25, -0.2) is 9.59 Å². The molecule has 1 saturated heterocycles. The largest absolute Gasteiger partial charge is 0.450 e. The van der Waals surface area contributed by atoms with Crippen molar-refractivity contribution < 1.29 is 14.3 Å². The zero-order valence-electron chi connectivity index (χ0n) is 15.5. The molecule has 3 amide bonds. The lowest BCUT2D eigenvalue weighted by Crippen LogP contribution is -2.47. The van der Waals surface area contributed by atoms with Gasteiger partial charge in [0.2, 0.25) is 0 Å². The van der Waals surface area contributed by atoms with Crippen LogP contribution in [0.25, 0.3) is 10.8 Å². The number of amides is 3. The predicted molar refractivity (Wildman–Crippen MR) is 103 cm³/mol. The number of hydrogen-bond acceptors (Lipinski definition) is 4. The van der Waals surface area contributed by atoms with Crippen LogP contribution in [0.4, 0.5) is 15.3 Å². The summed E-state index contributed by atoms with van der Waals surface area (Å²) in [7, 11) is 1.66. The van der Waals surface area contributed by atoms with E-state index in [1.807, 2.05) is 12.1 Å². The number of rotatable bonds is 3. The van der Waals surface area contributed by atoms with Gasteiger partial charge >= 0.3 is 12.1 Å². The summed E-state index contributed by atoms with van der Waals surface area (Å²) in [5.41, 5.74) is 0.469. The lowest BCUT2D eigenvalue weighted by atomic mass is 10.1. The standard InChI is InChI=1S/C19H24N4O4/c1-3-27-19(26)23-10-8-13(9-11-23)20-18(25)21-16-12-22(2)17(24)15-7-5-4-6-14(15)16/h4-7,12-13H,3,8-11H2,1-2H3,(H2,20,21,25). The second kappa shape index (κ2) is 8.11. The fraction of sp³-hybridized carbons (Fsp3) is 0.421. The molecule has 0 saturated carbocycles. The van der Waals surface area contributed by atoms with E-state index in [1.54, 1.807) is 37.2 Å². The van der Waals surface area contributed by atoms with Crippen LogP contribution in [0.1, 0.15) is 19.8 Å². The van der Waals surface area contributed by atoms with Crippen molar-refractivity contribution in [3.63, 3.8) is 0 Å². The average Bonchev–Trinajstić information content (AvgIpc) is 2.66. The number of benzene rings is 1. The van der Waals surface area contributed by atoms with E-state index < -0.39 is 0 Å². The topological polar surface area (TPSA) is 92.7 Å². The van der Waals surface area contributed by atoms with Crippen molar-refractivity contribution in [3.8, 4) is 0 Å². The number of anilines is 1. The Morgan fingerprint density at radius 1 is 1.19 bits per heavy atom. The molecular weight excluding hydrogens is 348 g/mol. The van der Waals surface area contributed by atoms with Gasteiger partial charge in [0.25, 0.3) is 5.56 Å². The van der Waals surface area contributed by atoms with E-state index >= 15 is 0 Å². The molecule has 2 aromatic rings. The third-order valence-corrected chi connectivity index (χ3v) is 4.70. The van der Waals surface area contributed by atoms with Crippen LogP contribution in [0.15, 0.2) is 35.3 Å². The summed E-state index contributed by atoms with van der Waals surface area (Å²) in [6.07, 6.45) is 2.64. The van der Waals surface area contributed by atoms with Crippen LogP contribution in [0, 0.1) is 0 Å². The second-order valence-corrected chi connectivity index (χ2v) is 6.56. The Morgan fingerprint density at radius 3 is 2.52 bits per heavy atom. The molecule has 2 N–H and O–H groups in total. The van der Waals surface area contributed by atoms with Gasteiger partial charge in [0.15, 0.2) is 0 Å². The van der Waals surface area contributed by atoms with Crippen LogP contribution in [0.2, 0.25) is 0 Å². The fourth-order valence-electron chi connectivity index (χ4n) is 3.28. The first-order valence-electron chi connectivity index (χ1n) is 9.07. The fourth-order valence-corrected chi connectivity index (χ4v) is 3.28. The van der Waals surface area contributed by atoms with Gasteiger partial charge in [0, 0.05) is 43.1 Å². The van der Waals surface area contributed by atoms with E-state index in [1.165, 1.54) is 4.57 Å². The number of likely N-dealkylation sites (tertiary alicyclic amines) is 1. The van der Waals surface area contributed by atoms with Crippen LogP contribution < -0.4 is 16.2 Å². The van der Waals surface area contributed by atoms with Gasteiger partial charge in [0.1, 0.15) is 0 Å². The first-order chi connectivity index (χ1) is 13.0. The maximum Gasteiger partial charge on any atom is 0.409 e. The third-order valence-electron chi connectivity index (χ3n) is 4.70. The molecular formula is C19H24N4O4. The number of nitrogens with one attached hydrogen (secondary N) is 2. The minimum absolute atomic E-state index is 0.0190. The molecule has 0 bridgehead atoms. The SMILES string of the molecule is CCOC(=O)N1CCC(NC(=O)Nc2cn(C)c(=O)c3ccccc23)CC1. The van der Waals surface area contributed by atoms with Gasteiger partial charge in [-0.15, -0.1) is 0 Å². The number of aromatic nitrogens is 1. The van der Waals surface area contributed by atoms with Crippen molar-refractivity contribution >= 4 is 28.6 Å². The van der Waals surface area contributed by atoms with Crippen molar-refractivity contribution in [1.82, 2.24) is 14.8 Å². The van der Waals surface area contributed by atoms with E-state index in [9.17, 15) is 14.4 Å². The Hall–Kier alpha value is -3.03. The summed E-state index contributed by atoms with van der Waals surface area (Å²) in [5.74, 6) is 0. The van der Waals surface area contributed by atoms with Crippen LogP contribution in [0.3, 0.4) is 0 Å². The molecule has 0 spiro atoms. The number of urea groups is 1. The van der Waals surface area contributed by atoms with Gasteiger partial charge in [-0.1, -0.05) is 18.2 Å². The number of pyridine rings is 1. The Morgan fingerprint density at radius 2 is 1.85 bits per heavy atom. The molecule has 1 fully saturated rings. The van der Waals surface area contributed by atoms with Gasteiger partial charge in [0.05, 0.1) is 12.3 Å². The lowest BCUT2D eigenvalue weighted by molar-refractivity contribution is 0.0959. The van der Waals surface area contributed by atoms with E-state index in [4.69, 9.17) is 4.74 Å². The van der Waals surface area contributed by atoms with Gasteiger partial charge < -0.3 is 24.8 Å². The first kappa shape index (κ1) is 18.8. The minimum atomic E-state index is -0.326. The molecule has 0 unspecified atom stereocenters. The Labute approximate surface area is 157 Å². The summed E-state index contributed by atoms with van der Waals surface area (Å²) in [6, 6.07) is 6.83. The number of carbonyl (C=O) groups is 2. The van der Waals surface area contributed by atoms with Gasteiger partial charge in [-0.3, -0.25) is 4.79 Å². The molecule has 0 atom stereocenters. The molecule has 144 valence electrons. The number of aryl methyl sites for hydroxylation is 1. The molecule has 1 aliphatic rings. The van der Waals surface area contributed by atoms with Crippen molar-refractivity contribution in [1.29, 1.82) is 0 Å². The molecule has 1 aromatic heterocycles. The Kier molecular flexibility index (Phi) is 5.63. The van der Waals surface area contributed by atoms with E-state index in [2.05, 4.69) is 10.6 Å². The van der Waals surface area contributed by atoms with Crippen molar-refractivity contribution in [2.24, 2.45) is 7.05 Å². The normalized spacial score (nSPS) is 14.8. The summed E-state index contributed by atoms with van der Waals surface area (Å²) in [4.78, 5) is 38.0. The number of fused-ring (bicyclic) bond motifs is 1. The highest BCUT2D eigenvalue weighted by molar-refractivity contribution is 6.01. The minimum Gasteiger partial charge on any atom is -0.450 e. The number of piperidine rings is 1. The summed E-state index contributed by atoms with van der Waals surface area (Å²) < 4.78 is 6.45. The van der Waals surface area contributed by atoms with Crippen LogP contribution >= 0.6 is 0 Å². The van der Waals surface area contributed by atoms with Gasteiger partial charge in [-0.2, -0.15) is 0 Å². The maximum atomic E-state index is 12.4. The Bertz CT molecular complexity index is 900. The highest BCUT2D eigenvalue weighted by atomic mass is 16.6. The molecule has 1 aliphatic heterocycles.